The van der Waals surface area contributed by atoms with Crippen LogP contribution in [0.2, 0.25) is 0 Å². The van der Waals surface area contributed by atoms with Gasteiger partial charge in [0.05, 0.1) is 11.3 Å². The van der Waals surface area contributed by atoms with Crippen molar-refractivity contribution in [2.24, 2.45) is 0 Å². The Morgan fingerprint density at radius 2 is 2.28 bits per heavy atom. The number of hydrogen-bond donors (Lipinski definition) is 2. The van der Waals surface area contributed by atoms with E-state index < -0.39 is 0 Å². The summed E-state index contributed by atoms with van der Waals surface area (Å²) in [6.07, 6.45) is 5.92. The quantitative estimate of drug-likeness (QED) is 0.845. The van der Waals surface area contributed by atoms with Crippen molar-refractivity contribution < 1.29 is 0 Å². The number of nitrogens with zero attached hydrogens (tertiary/aromatic N) is 3. The summed E-state index contributed by atoms with van der Waals surface area (Å²) in [5, 5.41) is 11.8. The zero-order valence-corrected chi connectivity index (χ0v) is 9.80. The van der Waals surface area contributed by atoms with Crippen LogP contribution in [0.15, 0.2) is 36.8 Å². The van der Waals surface area contributed by atoms with E-state index in [1.54, 1.807) is 12.3 Å². The van der Waals surface area contributed by atoms with Gasteiger partial charge in [0.1, 0.15) is 11.9 Å². The SMILES string of the molecule is N#Cc1cnc(NCCc2cccnc2)c(N)c1. The first-order valence-electron chi connectivity index (χ1n) is 5.58. The largest absolute Gasteiger partial charge is 0.396 e. The number of nitrogen functional groups attached to an aromatic ring is 1. The standard InChI is InChI=1S/C13H13N5/c14-7-11-6-12(15)13(18-9-11)17-5-3-10-2-1-4-16-8-10/h1-2,4,6,8-9H,3,5,15H2,(H,17,18). The van der Waals surface area contributed by atoms with Gasteiger partial charge in [-0.1, -0.05) is 6.07 Å². The molecule has 5 nitrogen and oxygen atoms in total. The van der Waals surface area contributed by atoms with E-state index in [0.717, 1.165) is 18.5 Å². The van der Waals surface area contributed by atoms with E-state index in [1.165, 1.54) is 6.20 Å². The van der Waals surface area contributed by atoms with Gasteiger partial charge < -0.3 is 11.1 Å². The van der Waals surface area contributed by atoms with Crippen molar-refractivity contribution in [3.63, 3.8) is 0 Å². The predicted octanol–water partition coefficient (Wildman–Crippen LogP) is 1.59. The van der Waals surface area contributed by atoms with E-state index in [0.29, 0.717) is 17.1 Å². The molecule has 0 unspecified atom stereocenters. The van der Waals surface area contributed by atoms with Gasteiger partial charge in [0.25, 0.3) is 0 Å². The fourth-order valence-electron chi connectivity index (χ4n) is 1.56. The molecule has 2 aromatic rings. The highest BCUT2D eigenvalue weighted by Crippen LogP contribution is 2.15. The van der Waals surface area contributed by atoms with Crippen LogP contribution in [0.5, 0.6) is 0 Å². The molecular weight excluding hydrogens is 226 g/mol. The fourth-order valence-corrected chi connectivity index (χ4v) is 1.56. The molecule has 0 fully saturated rings. The Balaban J connectivity index is 1.93. The predicted molar refractivity (Wildman–Crippen MR) is 69.8 cm³/mol. The lowest BCUT2D eigenvalue weighted by Crippen LogP contribution is -2.08. The maximum Gasteiger partial charge on any atom is 0.149 e. The lowest BCUT2D eigenvalue weighted by molar-refractivity contribution is 0.994. The Morgan fingerprint density at radius 1 is 1.39 bits per heavy atom. The van der Waals surface area contributed by atoms with Gasteiger partial charge in [-0.25, -0.2) is 4.98 Å². The smallest absolute Gasteiger partial charge is 0.149 e. The normalized spacial score (nSPS) is 9.72. The van der Waals surface area contributed by atoms with E-state index >= 15 is 0 Å². The maximum atomic E-state index is 8.70. The molecular formula is C13H13N5. The summed E-state index contributed by atoms with van der Waals surface area (Å²) in [5.74, 6) is 0.609. The molecule has 0 aromatic carbocycles. The Hall–Kier alpha value is -2.61. The number of hydrogen-bond acceptors (Lipinski definition) is 5. The molecule has 0 amide bonds. The first-order valence-corrected chi connectivity index (χ1v) is 5.58. The molecule has 0 aliphatic carbocycles. The van der Waals surface area contributed by atoms with Crippen molar-refractivity contribution in [1.82, 2.24) is 9.97 Å². The van der Waals surface area contributed by atoms with E-state index in [9.17, 15) is 0 Å². The molecule has 2 aromatic heterocycles. The molecule has 0 saturated heterocycles. The van der Waals surface area contributed by atoms with Crippen LogP contribution >= 0.6 is 0 Å². The van der Waals surface area contributed by atoms with Gasteiger partial charge in [0, 0.05) is 25.1 Å². The minimum Gasteiger partial charge on any atom is -0.396 e. The van der Waals surface area contributed by atoms with Crippen molar-refractivity contribution in [2.45, 2.75) is 6.42 Å². The van der Waals surface area contributed by atoms with Gasteiger partial charge in [-0.3, -0.25) is 4.98 Å². The summed E-state index contributed by atoms with van der Waals surface area (Å²) in [7, 11) is 0. The van der Waals surface area contributed by atoms with Gasteiger partial charge in [0.15, 0.2) is 0 Å². The molecule has 0 radical (unpaired) electrons. The van der Waals surface area contributed by atoms with Crippen molar-refractivity contribution in [3.8, 4) is 6.07 Å². The van der Waals surface area contributed by atoms with Crippen LogP contribution in [0.3, 0.4) is 0 Å². The number of pyridine rings is 2. The average molecular weight is 239 g/mol. The van der Waals surface area contributed by atoms with E-state index in [1.807, 2.05) is 24.4 Å². The minimum atomic E-state index is 0.463. The fraction of sp³-hybridized carbons (Fsp3) is 0.154. The lowest BCUT2D eigenvalue weighted by atomic mass is 10.2. The van der Waals surface area contributed by atoms with Crippen LogP contribution in [0, 0.1) is 11.3 Å². The van der Waals surface area contributed by atoms with Crippen molar-refractivity contribution >= 4 is 11.5 Å². The number of nitriles is 1. The molecule has 0 aliphatic rings. The Bertz CT molecular complexity index is 559. The Kier molecular flexibility index (Phi) is 3.72. The zero-order chi connectivity index (χ0) is 12.8. The minimum absolute atomic E-state index is 0.463. The van der Waals surface area contributed by atoms with Crippen molar-refractivity contribution in [2.75, 3.05) is 17.6 Å². The van der Waals surface area contributed by atoms with E-state index in [2.05, 4.69) is 15.3 Å². The average Bonchev–Trinajstić information content (AvgIpc) is 2.42. The summed E-state index contributed by atoms with van der Waals surface area (Å²) in [4.78, 5) is 8.15. The van der Waals surface area contributed by atoms with Crippen LogP contribution in [0.4, 0.5) is 11.5 Å². The van der Waals surface area contributed by atoms with Crippen molar-refractivity contribution in [3.05, 3.63) is 47.9 Å². The summed E-state index contributed by atoms with van der Waals surface area (Å²) in [6, 6.07) is 7.53. The van der Waals surface area contributed by atoms with Gasteiger partial charge >= 0.3 is 0 Å². The lowest BCUT2D eigenvalue weighted by Gasteiger charge is -2.08. The number of nitrogens with one attached hydrogen (secondary N) is 1. The second-order valence-corrected chi connectivity index (χ2v) is 3.81. The molecule has 2 rings (SSSR count). The number of aromatic nitrogens is 2. The third kappa shape index (κ3) is 2.95. The van der Waals surface area contributed by atoms with Gasteiger partial charge in [-0.15, -0.1) is 0 Å². The Labute approximate surface area is 105 Å². The van der Waals surface area contributed by atoms with Crippen LogP contribution in [0.1, 0.15) is 11.1 Å². The summed E-state index contributed by atoms with van der Waals surface area (Å²) >= 11 is 0. The molecule has 90 valence electrons. The number of rotatable bonds is 4. The van der Waals surface area contributed by atoms with Gasteiger partial charge in [-0.2, -0.15) is 5.26 Å². The molecule has 0 spiro atoms. The summed E-state index contributed by atoms with van der Waals surface area (Å²) < 4.78 is 0. The van der Waals surface area contributed by atoms with E-state index in [-0.39, 0.29) is 0 Å². The molecule has 0 aliphatic heterocycles. The highest BCUT2D eigenvalue weighted by molar-refractivity contribution is 5.63. The molecule has 0 saturated carbocycles. The molecule has 2 heterocycles. The van der Waals surface area contributed by atoms with Crippen LogP contribution in [-0.4, -0.2) is 16.5 Å². The third-order valence-electron chi connectivity index (χ3n) is 2.48. The molecule has 5 heteroatoms. The molecule has 18 heavy (non-hydrogen) atoms. The first kappa shape index (κ1) is 11.9. The van der Waals surface area contributed by atoms with Crippen molar-refractivity contribution in [1.29, 1.82) is 5.26 Å². The van der Waals surface area contributed by atoms with Crippen LogP contribution in [-0.2, 0) is 6.42 Å². The topological polar surface area (TPSA) is 87.6 Å². The zero-order valence-electron chi connectivity index (χ0n) is 9.80. The van der Waals surface area contributed by atoms with Crippen LogP contribution in [0.25, 0.3) is 0 Å². The number of nitrogens with two attached hydrogens (primary N) is 1. The monoisotopic (exact) mass is 239 g/mol. The summed E-state index contributed by atoms with van der Waals surface area (Å²) in [5.41, 5.74) is 7.89. The van der Waals surface area contributed by atoms with Crippen LogP contribution < -0.4 is 11.1 Å². The second kappa shape index (κ2) is 5.64. The first-order chi connectivity index (χ1) is 8.79. The summed E-state index contributed by atoms with van der Waals surface area (Å²) in [6.45, 7) is 0.717. The van der Waals surface area contributed by atoms with Gasteiger partial charge in [0.2, 0.25) is 0 Å². The maximum absolute atomic E-state index is 8.70. The van der Waals surface area contributed by atoms with Gasteiger partial charge in [-0.05, 0) is 24.1 Å². The Morgan fingerprint density at radius 3 is 2.94 bits per heavy atom. The molecule has 0 bridgehead atoms. The highest BCUT2D eigenvalue weighted by Gasteiger charge is 2.01. The van der Waals surface area contributed by atoms with E-state index in [4.69, 9.17) is 11.0 Å². The second-order valence-electron chi connectivity index (χ2n) is 3.81. The third-order valence-corrected chi connectivity index (χ3v) is 2.48. The number of anilines is 2. The highest BCUT2D eigenvalue weighted by atomic mass is 15.0. The molecule has 3 N–H and O–H groups in total. The molecule has 0 atom stereocenters.